The van der Waals surface area contributed by atoms with Gasteiger partial charge in [-0.05, 0) is 42.7 Å². The molecule has 1 aromatic carbocycles. The first-order chi connectivity index (χ1) is 25.7. The van der Waals surface area contributed by atoms with E-state index in [0.29, 0.717) is 32.5 Å². The van der Waals surface area contributed by atoms with E-state index in [1.807, 2.05) is 0 Å². The van der Waals surface area contributed by atoms with Crippen molar-refractivity contribution in [3.05, 3.63) is 77.1 Å². The Morgan fingerprint density at radius 1 is 1.02 bits per heavy atom. The Balaban J connectivity index is 0.965. The molecule has 282 valence electrons. The number of carbonyl (C=O) groups excluding carboxylic acids is 5. The Morgan fingerprint density at radius 2 is 1.78 bits per heavy atom. The highest BCUT2D eigenvalue weighted by atomic mass is 19.4. The number of oxazole rings is 1. The van der Waals surface area contributed by atoms with E-state index in [4.69, 9.17) is 4.42 Å². The molecule has 0 atom stereocenters. The standard InChI is InChI=1S/C33H29F5N10O6/c34-27(35)26-22(41-28(50)23-15-54-29(42-23)18-3-7-39-24(12-18)40-16-33(36,37)38)14-46(44-26)19-4-8-45(9-5-19)13-17-1-2-20-21(11-17)31(52)48(30(20)51)47-10-6-25(49)43-32(47)53/h1-3,7,11-12,14-15,19,27H,4-6,8-10,13,16H2,(H,39,40)(H,41,50)(H,43,49,53). The predicted octanol–water partition coefficient (Wildman–Crippen LogP) is 4.39. The van der Waals surface area contributed by atoms with Crippen molar-refractivity contribution in [2.24, 2.45) is 0 Å². The minimum atomic E-state index is -4.47. The molecule has 3 aromatic heterocycles. The topological polar surface area (TPSA) is 188 Å². The lowest BCUT2D eigenvalue weighted by Gasteiger charge is -2.32. The first kappa shape index (κ1) is 36.1. The molecule has 3 aliphatic heterocycles. The molecule has 2 fully saturated rings. The van der Waals surface area contributed by atoms with Gasteiger partial charge in [0.1, 0.15) is 18.6 Å². The van der Waals surface area contributed by atoms with Crippen molar-refractivity contribution >= 4 is 41.2 Å². The van der Waals surface area contributed by atoms with Crippen molar-refractivity contribution < 1.29 is 50.3 Å². The molecule has 0 radical (unpaired) electrons. The summed E-state index contributed by atoms with van der Waals surface area (Å²) in [5.74, 6) is -2.94. The quantitative estimate of drug-likeness (QED) is 0.154. The minimum absolute atomic E-state index is 0.0579. The molecule has 4 aromatic rings. The number of imide groups is 2. The fourth-order valence-corrected chi connectivity index (χ4v) is 6.34. The lowest BCUT2D eigenvalue weighted by Crippen LogP contribution is -2.58. The molecule has 0 unspecified atom stereocenters. The van der Waals surface area contributed by atoms with Gasteiger partial charge in [-0.1, -0.05) is 6.07 Å². The highest BCUT2D eigenvalue weighted by Gasteiger charge is 2.43. The lowest BCUT2D eigenvalue weighted by molar-refractivity contribution is -0.123. The van der Waals surface area contributed by atoms with Gasteiger partial charge < -0.3 is 15.1 Å². The fourth-order valence-electron chi connectivity index (χ4n) is 6.34. The number of benzene rings is 1. The van der Waals surface area contributed by atoms with Crippen LogP contribution in [0.2, 0.25) is 0 Å². The first-order valence-electron chi connectivity index (χ1n) is 16.5. The Kier molecular flexibility index (Phi) is 9.56. The number of piperidine rings is 1. The van der Waals surface area contributed by atoms with Crippen LogP contribution >= 0.6 is 0 Å². The van der Waals surface area contributed by atoms with Gasteiger partial charge in [-0.3, -0.25) is 34.1 Å². The highest BCUT2D eigenvalue weighted by molar-refractivity contribution is 6.22. The normalized spacial score (nSPS) is 17.0. The van der Waals surface area contributed by atoms with Gasteiger partial charge in [0.05, 0.1) is 29.4 Å². The third kappa shape index (κ3) is 7.47. The molecule has 7 rings (SSSR count). The van der Waals surface area contributed by atoms with Crippen molar-refractivity contribution in [2.75, 3.05) is 36.8 Å². The number of carbonyl (C=O) groups is 5. The van der Waals surface area contributed by atoms with Gasteiger partial charge >= 0.3 is 12.2 Å². The third-order valence-electron chi connectivity index (χ3n) is 8.97. The zero-order valence-electron chi connectivity index (χ0n) is 27.9. The number of alkyl halides is 5. The van der Waals surface area contributed by atoms with E-state index in [0.717, 1.165) is 21.8 Å². The summed E-state index contributed by atoms with van der Waals surface area (Å²) >= 11 is 0. The van der Waals surface area contributed by atoms with Crippen molar-refractivity contribution in [1.29, 1.82) is 0 Å². The maximum Gasteiger partial charge on any atom is 0.405 e. The number of hydrogen-bond donors (Lipinski definition) is 3. The summed E-state index contributed by atoms with van der Waals surface area (Å²) in [4.78, 5) is 72.9. The second kappa shape index (κ2) is 14.3. The van der Waals surface area contributed by atoms with Crippen LogP contribution in [-0.4, -0.2) is 96.7 Å². The maximum absolute atomic E-state index is 14.0. The molecular weight excluding hydrogens is 727 g/mol. The molecule has 0 aliphatic carbocycles. The van der Waals surface area contributed by atoms with Gasteiger partial charge in [-0.2, -0.15) is 23.3 Å². The van der Waals surface area contributed by atoms with E-state index in [-0.39, 0.29) is 58.8 Å². The summed E-state index contributed by atoms with van der Waals surface area (Å²) in [6, 6.07) is 6.32. The van der Waals surface area contributed by atoms with Gasteiger partial charge in [-0.15, -0.1) is 0 Å². The largest absolute Gasteiger partial charge is 0.444 e. The summed E-state index contributed by atoms with van der Waals surface area (Å²) < 4.78 is 72.5. The second-order valence-corrected chi connectivity index (χ2v) is 12.6. The molecule has 0 bridgehead atoms. The SMILES string of the molecule is O=C1CCN(N2C(=O)c3ccc(CN4CCC(n5cc(NC(=O)c6coc(-c7ccnc(NCC(F)(F)F)c7)n6)c(C(F)F)n5)CC4)cc3C2=O)C(=O)N1. The lowest BCUT2D eigenvalue weighted by atomic mass is 10.0. The average molecular weight is 757 g/mol. The van der Waals surface area contributed by atoms with Gasteiger partial charge in [0.2, 0.25) is 11.8 Å². The minimum Gasteiger partial charge on any atom is -0.444 e. The summed E-state index contributed by atoms with van der Waals surface area (Å²) in [5.41, 5.74) is 0.0656. The van der Waals surface area contributed by atoms with E-state index in [1.165, 1.54) is 35.3 Å². The number of hydrazine groups is 1. The third-order valence-corrected chi connectivity index (χ3v) is 8.97. The van der Waals surface area contributed by atoms with E-state index < -0.39 is 54.5 Å². The van der Waals surface area contributed by atoms with Crippen LogP contribution in [-0.2, 0) is 11.3 Å². The number of pyridine rings is 1. The number of halogens is 5. The summed E-state index contributed by atoms with van der Waals surface area (Å²) in [7, 11) is 0. The van der Waals surface area contributed by atoms with Crippen LogP contribution in [0.3, 0.4) is 0 Å². The number of amides is 6. The van der Waals surface area contributed by atoms with Crippen LogP contribution in [0.5, 0.6) is 0 Å². The Bertz CT molecular complexity index is 2140. The van der Waals surface area contributed by atoms with Gasteiger partial charge in [0, 0.05) is 44.0 Å². The number of nitrogens with one attached hydrogen (secondary N) is 3. The zero-order valence-corrected chi connectivity index (χ0v) is 27.9. The monoisotopic (exact) mass is 756 g/mol. The molecule has 6 amide bonds. The van der Waals surface area contributed by atoms with Crippen LogP contribution in [0.25, 0.3) is 11.5 Å². The highest BCUT2D eigenvalue weighted by Crippen LogP contribution is 2.32. The molecule has 3 N–H and O–H groups in total. The number of fused-ring (bicyclic) bond motifs is 1. The number of hydrogen-bond acceptors (Lipinski definition) is 11. The van der Waals surface area contributed by atoms with Gasteiger partial charge in [0.25, 0.3) is 24.1 Å². The molecule has 6 heterocycles. The second-order valence-electron chi connectivity index (χ2n) is 12.6. The van der Waals surface area contributed by atoms with Crippen LogP contribution in [0.1, 0.15) is 74.2 Å². The van der Waals surface area contributed by atoms with Crippen molar-refractivity contribution in [2.45, 2.75) is 44.5 Å². The summed E-state index contributed by atoms with van der Waals surface area (Å²) in [6.07, 6.45) is -3.01. The van der Waals surface area contributed by atoms with Crippen LogP contribution in [0, 0.1) is 0 Å². The average Bonchev–Trinajstić information content (AvgIpc) is 3.85. The van der Waals surface area contributed by atoms with Crippen molar-refractivity contribution in [3.63, 3.8) is 0 Å². The van der Waals surface area contributed by atoms with Crippen LogP contribution in [0.4, 0.5) is 38.3 Å². The number of anilines is 2. The number of nitrogens with zero attached hydrogens (tertiary/aromatic N) is 7. The summed E-state index contributed by atoms with van der Waals surface area (Å²) in [5, 5.41) is 12.3. The number of likely N-dealkylation sites (tertiary alicyclic amines) is 1. The Labute approximate surface area is 301 Å². The smallest absolute Gasteiger partial charge is 0.405 e. The van der Waals surface area contributed by atoms with E-state index in [2.05, 4.69) is 35.9 Å². The number of rotatable bonds is 10. The molecule has 0 spiro atoms. The van der Waals surface area contributed by atoms with Gasteiger partial charge in [0.15, 0.2) is 11.4 Å². The number of urea groups is 1. The molecule has 54 heavy (non-hydrogen) atoms. The molecule has 16 nitrogen and oxygen atoms in total. The fraction of sp³-hybridized carbons (Fsp3) is 0.333. The first-order valence-corrected chi connectivity index (χ1v) is 16.5. The van der Waals surface area contributed by atoms with E-state index >= 15 is 0 Å². The van der Waals surface area contributed by atoms with E-state index in [1.54, 1.807) is 12.1 Å². The van der Waals surface area contributed by atoms with Crippen LogP contribution in [0.15, 0.2) is 53.4 Å². The maximum atomic E-state index is 14.0. The Hall–Kier alpha value is -6.25. The van der Waals surface area contributed by atoms with Crippen molar-refractivity contribution in [1.82, 2.24) is 40.0 Å². The molecule has 21 heteroatoms. The molecular formula is C33H29F5N10O6. The summed E-state index contributed by atoms with van der Waals surface area (Å²) in [6.45, 7) is 0.0280. The zero-order chi connectivity index (χ0) is 38.3. The van der Waals surface area contributed by atoms with Gasteiger partial charge in [-0.25, -0.2) is 28.6 Å². The predicted molar refractivity (Wildman–Crippen MR) is 175 cm³/mol. The molecule has 3 aliphatic rings. The molecule has 2 saturated heterocycles. The van der Waals surface area contributed by atoms with Crippen molar-refractivity contribution in [3.8, 4) is 11.5 Å². The molecule has 0 saturated carbocycles. The Morgan fingerprint density at radius 3 is 2.50 bits per heavy atom. The van der Waals surface area contributed by atoms with E-state index in [9.17, 15) is 45.9 Å². The van der Waals surface area contributed by atoms with Crippen LogP contribution < -0.4 is 16.0 Å². The number of aromatic nitrogens is 4.